The molecule has 0 bridgehead atoms. The Balaban J connectivity index is 1.59. The summed E-state index contributed by atoms with van der Waals surface area (Å²) in [4.78, 5) is 27.4. The summed E-state index contributed by atoms with van der Waals surface area (Å²) in [5, 5.41) is 45.6. The summed E-state index contributed by atoms with van der Waals surface area (Å²) in [6, 6.07) is 2.93. The second-order valence-electron chi connectivity index (χ2n) is 10.2. The van der Waals surface area contributed by atoms with Crippen molar-refractivity contribution in [2.45, 2.75) is 81.1 Å². The van der Waals surface area contributed by atoms with Gasteiger partial charge in [-0.05, 0) is 50.9 Å². The molecule has 0 saturated carbocycles. The molecule has 1 aromatic carbocycles. The summed E-state index contributed by atoms with van der Waals surface area (Å²) < 4.78 is 11.2. The van der Waals surface area contributed by atoms with Gasteiger partial charge in [-0.2, -0.15) is 0 Å². The van der Waals surface area contributed by atoms with E-state index in [0.717, 1.165) is 31.1 Å². The van der Waals surface area contributed by atoms with Gasteiger partial charge >= 0.3 is 5.97 Å². The van der Waals surface area contributed by atoms with Crippen LogP contribution in [0.15, 0.2) is 18.2 Å². The molecule has 10 nitrogen and oxygen atoms in total. The lowest BCUT2D eigenvalue weighted by Crippen LogP contribution is -2.65. The van der Waals surface area contributed by atoms with Crippen LogP contribution in [0.1, 0.15) is 43.5 Å². The maximum atomic E-state index is 13.1. The molecule has 1 aromatic rings. The normalized spacial score (nSPS) is 31.1. The summed E-state index contributed by atoms with van der Waals surface area (Å²) in [6.45, 7) is 4.31. The van der Waals surface area contributed by atoms with Crippen LogP contribution in [-0.4, -0.2) is 111 Å². The number of carbonyl (C=O) groups is 2. The summed E-state index contributed by atoms with van der Waals surface area (Å²) in [5.74, 6) is -0.335. The van der Waals surface area contributed by atoms with Gasteiger partial charge in [0.2, 0.25) is 5.91 Å². The topological polar surface area (TPSA) is 149 Å². The number of hydrogen-bond donors (Lipinski definition) is 5. The molecular weight excluding hydrogens is 571 g/mol. The van der Waals surface area contributed by atoms with E-state index in [0.29, 0.717) is 22.4 Å². The van der Waals surface area contributed by atoms with Crippen molar-refractivity contribution in [2.24, 2.45) is 5.92 Å². The van der Waals surface area contributed by atoms with Gasteiger partial charge in [0.25, 0.3) is 0 Å². The Labute approximate surface area is 242 Å². The van der Waals surface area contributed by atoms with Crippen molar-refractivity contribution in [1.29, 1.82) is 0 Å². The molecular formula is C26H38Cl2N2O8S. The van der Waals surface area contributed by atoms with Crippen molar-refractivity contribution in [3.8, 4) is 0 Å². The van der Waals surface area contributed by atoms with Crippen molar-refractivity contribution in [2.75, 3.05) is 26.0 Å². The molecule has 220 valence electrons. The monoisotopic (exact) mass is 608 g/mol. The number of halogens is 2. The molecule has 0 radical (unpaired) electrons. The van der Waals surface area contributed by atoms with Crippen molar-refractivity contribution in [3.05, 3.63) is 33.8 Å². The first kappa shape index (κ1) is 32.4. The Morgan fingerprint density at radius 3 is 2.46 bits per heavy atom. The molecule has 0 unspecified atom stereocenters. The Kier molecular flexibility index (Phi) is 12.2. The Morgan fingerprint density at radius 1 is 1.18 bits per heavy atom. The fourth-order valence-electron chi connectivity index (χ4n) is 5.13. The quantitative estimate of drug-likeness (QED) is 0.185. The maximum Gasteiger partial charge on any atom is 0.338 e. The molecule has 2 aliphatic heterocycles. The molecule has 1 amide bonds. The summed E-state index contributed by atoms with van der Waals surface area (Å²) in [6.07, 6.45) is -4.18. The first-order chi connectivity index (χ1) is 18.4. The molecule has 5 N–H and O–H groups in total. The van der Waals surface area contributed by atoms with Gasteiger partial charge in [0.05, 0.1) is 23.8 Å². The molecule has 2 aliphatic rings. The number of aliphatic hydroxyl groups excluding tert-OH is 4. The Bertz CT molecular complexity index is 969. The third-order valence-corrected chi connectivity index (χ3v) is 8.68. The molecule has 2 saturated heterocycles. The zero-order valence-electron chi connectivity index (χ0n) is 22.2. The van der Waals surface area contributed by atoms with E-state index in [1.807, 2.05) is 11.9 Å². The first-order valence-corrected chi connectivity index (χ1v) is 14.9. The first-order valence-electron chi connectivity index (χ1n) is 13.1. The molecule has 2 heterocycles. The third-order valence-electron chi connectivity index (χ3n) is 7.12. The molecule has 3 rings (SSSR count). The zero-order valence-corrected chi connectivity index (χ0v) is 24.5. The molecule has 13 heteroatoms. The van der Waals surface area contributed by atoms with E-state index >= 15 is 0 Å². The van der Waals surface area contributed by atoms with Crippen molar-refractivity contribution < 1.29 is 39.5 Å². The van der Waals surface area contributed by atoms with Gasteiger partial charge in [0.1, 0.15) is 36.5 Å². The van der Waals surface area contributed by atoms with Crippen LogP contribution in [0.5, 0.6) is 0 Å². The standard InChI is InChI=1S/C26H38Cl2N2O8S/c1-4-5-14-8-18(30(3)12-14)24(35)29-19(13(2)31)23-21(33)20(32)22(34)26(38-23)39-7-6-37-25(36)15-9-16(27)11-17(28)10-15/h9-11,13-14,18-23,26,31-34H,4-8,12H2,1-3H3,(H,29,35)/t13-,14-,18+,19-,20+,21-,22-,23-,26-/m1/s1. The molecule has 2 fully saturated rings. The number of nitrogens with zero attached hydrogens (tertiary/aromatic N) is 1. The van der Waals surface area contributed by atoms with E-state index in [1.165, 1.54) is 25.1 Å². The minimum absolute atomic E-state index is 0.0486. The van der Waals surface area contributed by atoms with Crippen LogP contribution < -0.4 is 5.32 Å². The number of likely N-dealkylation sites (N-methyl/N-ethyl adjacent to an activating group) is 1. The van der Waals surface area contributed by atoms with Crippen LogP contribution in [0.25, 0.3) is 0 Å². The predicted octanol–water partition coefficient (Wildman–Crippen LogP) is 1.68. The summed E-state index contributed by atoms with van der Waals surface area (Å²) in [7, 11) is 1.88. The van der Waals surface area contributed by atoms with Crippen LogP contribution in [0, 0.1) is 5.92 Å². The largest absolute Gasteiger partial charge is 0.461 e. The fraction of sp³-hybridized carbons (Fsp3) is 0.692. The number of carbonyl (C=O) groups excluding carboxylic acids is 2. The average molecular weight is 610 g/mol. The minimum atomic E-state index is -1.58. The predicted molar refractivity (Wildman–Crippen MR) is 149 cm³/mol. The molecule has 39 heavy (non-hydrogen) atoms. The lowest BCUT2D eigenvalue weighted by atomic mass is 9.92. The lowest BCUT2D eigenvalue weighted by Gasteiger charge is -2.44. The number of likely N-dealkylation sites (tertiary alicyclic amines) is 1. The van der Waals surface area contributed by atoms with Gasteiger partial charge < -0.3 is 35.2 Å². The highest BCUT2D eigenvalue weighted by atomic mass is 35.5. The van der Waals surface area contributed by atoms with Gasteiger partial charge in [-0.25, -0.2) is 4.79 Å². The average Bonchev–Trinajstić information content (AvgIpc) is 3.24. The van der Waals surface area contributed by atoms with Gasteiger partial charge in [-0.15, -0.1) is 11.8 Å². The van der Waals surface area contributed by atoms with Crippen LogP contribution in [-0.2, 0) is 14.3 Å². The van der Waals surface area contributed by atoms with E-state index in [1.54, 1.807) is 0 Å². The summed E-state index contributed by atoms with van der Waals surface area (Å²) in [5.41, 5.74) is -0.830. The SMILES string of the molecule is CCC[C@@H]1C[C@@H](C(=O)N[C@@H]([C@H]2O[C@H](SCCOC(=O)c3cc(Cl)cc(Cl)c3)[C@H](O)[C@@H](O)[C@H]2O)[C@@H](C)O)N(C)C1. The molecule has 9 atom stereocenters. The maximum absolute atomic E-state index is 13.1. The number of amides is 1. The van der Waals surface area contributed by atoms with E-state index in [9.17, 15) is 30.0 Å². The lowest BCUT2D eigenvalue weighted by molar-refractivity contribution is -0.211. The smallest absolute Gasteiger partial charge is 0.338 e. The van der Waals surface area contributed by atoms with Gasteiger partial charge in [0.15, 0.2) is 0 Å². The van der Waals surface area contributed by atoms with E-state index in [-0.39, 0.29) is 29.9 Å². The molecule has 0 aromatic heterocycles. The van der Waals surface area contributed by atoms with Crippen LogP contribution >= 0.6 is 35.0 Å². The van der Waals surface area contributed by atoms with Crippen LogP contribution in [0.2, 0.25) is 10.0 Å². The fourth-order valence-corrected chi connectivity index (χ4v) is 6.63. The number of thioether (sulfide) groups is 1. The van der Waals surface area contributed by atoms with E-state index < -0.39 is 48.0 Å². The number of rotatable bonds is 11. The number of esters is 1. The highest BCUT2D eigenvalue weighted by Gasteiger charge is 2.48. The number of aliphatic hydroxyl groups is 4. The van der Waals surface area contributed by atoms with Crippen molar-refractivity contribution in [1.82, 2.24) is 10.2 Å². The third kappa shape index (κ3) is 8.43. The number of nitrogens with one attached hydrogen (secondary N) is 1. The number of ether oxygens (including phenoxy) is 2. The van der Waals surface area contributed by atoms with Crippen LogP contribution in [0.3, 0.4) is 0 Å². The Morgan fingerprint density at radius 2 is 1.85 bits per heavy atom. The molecule has 0 aliphatic carbocycles. The highest BCUT2D eigenvalue weighted by Crippen LogP contribution is 2.31. The second kappa shape index (κ2) is 14.7. The second-order valence-corrected chi connectivity index (χ2v) is 12.3. The van der Waals surface area contributed by atoms with Gasteiger partial charge in [-0.1, -0.05) is 36.5 Å². The van der Waals surface area contributed by atoms with Crippen molar-refractivity contribution in [3.63, 3.8) is 0 Å². The number of hydrogen-bond acceptors (Lipinski definition) is 10. The van der Waals surface area contributed by atoms with Gasteiger partial charge in [0, 0.05) is 22.3 Å². The van der Waals surface area contributed by atoms with Crippen molar-refractivity contribution >= 4 is 46.8 Å². The van der Waals surface area contributed by atoms with E-state index in [4.69, 9.17) is 32.7 Å². The summed E-state index contributed by atoms with van der Waals surface area (Å²) >= 11 is 12.9. The van der Waals surface area contributed by atoms with Crippen LogP contribution in [0.4, 0.5) is 0 Å². The van der Waals surface area contributed by atoms with Gasteiger partial charge in [-0.3, -0.25) is 9.69 Å². The Hall–Kier alpha value is -1.15. The zero-order chi connectivity index (χ0) is 28.9. The van der Waals surface area contributed by atoms with E-state index in [2.05, 4.69) is 12.2 Å². The molecule has 0 spiro atoms. The minimum Gasteiger partial charge on any atom is -0.461 e. The number of benzene rings is 1. The highest BCUT2D eigenvalue weighted by molar-refractivity contribution is 7.99.